The average Bonchev–Trinajstić information content (AvgIpc) is 2.46. The summed E-state index contributed by atoms with van der Waals surface area (Å²) in [6, 6.07) is 0. The Bertz CT molecular complexity index is 337. The van der Waals surface area contributed by atoms with E-state index >= 15 is 0 Å². The number of hydrogen-bond donors (Lipinski definition) is 0. The van der Waals surface area contributed by atoms with Gasteiger partial charge in [0.2, 0.25) is 5.65 Å². The highest BCUT2D eigenvalue weighted by molar-refractivity contribution is 7.96. The van der Waals surface area contributed by atoms with Gasteiger partial charge in [0, 0.05) is 6.26 Å². The van der Waals surface area contributed by atoms with Crippen molar-refractivity contribution >= 4 is 23.1 Å². The van der Waals surface area contributed by atoms with Crippen molar-refractivity contribution < 1.29 is 0 Å². The van der Waals surface area contributed by atoms with E-state index in [2.05, 4.69) is 20.2 Å². The largest absolute Gasteiger partial charge is 0.242 e. The minimum atomic E-state index is 0.634. The molecule has 0 amide bonds. The van der Waals surface area contributed by atoms with E-state index in [0.717, 1.165) is 5.52 Å². The Morgan fingerprint density at radius 1 is 1.45 bits per heavy atom. The lowest BCUT2D eigenvalue weighted by Crippen LogP contribution is -1.88. The van der Waals surface area contributed by atoms with Gasteiger partial charge < -0.3 is 0 Å². The minimum absolute atomic E-state index is 0.634. The zero-order chi connectivity index (χ0) is 7.68. The van der Waals surface area contributed by atoms with Gasteiger partial charge in [-0.3, -0.25) is 0 Å². The van der Waals surface area contributed by atoms with Crippen LogP contribution in [0.5, 0.6) is 0 Å². The summed E-state index contributed by atoms with van der Waals surface area (Å²) >= 11 is 1.42. The van der Waals surface area contributed by atoms with Gasteiger partial charge in [-0.25, -0.2) is 9.97 Å². The smallest absolute Gasteiger partial charge is 0.206 e. The molecule has 11 heavy (non-hydrogen) atoms. The molecule has 6 heteroatoms. The molecule has 0 aliphatic carbocycles. The van der Waals surface area contributed by atoms with Crippen LogP contribution < -0.4 is 0 Å². The first-order valence-electron chi connectivity index (χ1n) is 2.97. The number of hydrogen-bond acceptors (Lipinski definition) is 5. The predicted molar refractivity (Wildman–Crippen MR) is 42.0 cm³/mol. The first-order valence-corrected chi connectivity index (χ1v) is 4.16. The van der Waals surface area contributed by atoms with Crippen LogP contribution in [0.1, 0.15) is 0 Å². The van der Waals surface area contributed by atoms with Crippen LogP contribution >= 0.6 is 11.9 Å². The van der Waals surface area contributed by atoms with Crippen LogP contribution in [0.4, 0.5) is 0 Å². The van der Waals surface area contributed by atoms with Gasteiger partial charge in [0.05, 0.1) is 6.20 Å². The molecule has 0 aromatic carbocycles. The molecule has 0 fully saturated rings. The van der Waals surface area contributed by atoms with Crippen molar-refractivity contribution in [3.05, 3.63) is 12.5 Å². The fraction of sp³-hybridized carbons (Fsp3) is 0.200. The van der Waals surface area contributed by atoms with E-state index in [0.29, 0.717) is 5.65 Å². The third-order valence-electron chi connectivity index (χ3n) is 1.21. The van der Waals surface area contributed by atoms with Crippen LogP contribution in [0.2, 0.25) is 0 Å². The Morgan fingerprint density at radius 2 is 2.36 bits per heavy atom. The Balaban J connectivity index is 2.69. The molecule has 56 valence electrons. The molecular formula is C5H5N5S. The van der Waals surface area contributed by atoms with Crippen molar-refractivity contribution in [3.8, 4) is 0 Å². The summed E-state index contributed by atoms with van der Waals surface area (Å²) in [6.45, 7) is 0. The van der Waals surface area contributed by atoms with Crippen LogP contribution in [0.3, 0.4) is 0 Å². The topological polar surface area (TPSA) is 56.5 Å². The van der Waals surface area contributed by atoms with Gasteiger partial charge in [-0.15, -0.1) is 14.4 Å². The summed E-state index contributed by atoms with van der Waals surface area (Å²) in [5.41, 5.74) is 1.36. The lowest BCUT2D eigenvalue weighted by molar-refractivity contribution is 0.880. The standard InChI is InChI=1S/C5H5N5S/c1-11-10-8-4-2-6-3-7-5(4)9-10/h2-3H,1H3. The van der Waals surface area contributed by atoms with Gasteiger partial charge in [0.15, 0.2) is 5.52 Å². The summed E-state index contributed by atoms with van der Waals surface area (Å²) < 4.78 is 1.51. The van der Waals surface area contributed by atoms with Gasteiger partial charge in [0.1, 0.15) is 6.33 Å². The first-order chi connectivity index (χ1) is 5.40. The number of rotatable bonds is 1. The van der Waals surface area contributed by atoms with Crippen molar-refractivity contribution in [1.82, 2.24) is 24.4 Å². The summed E-state index contributed by atoms with van der Waals surface area (Å²) in [4.78, 5) is 7.76. The van der Waals surface area contributed by atoms with Gasteiger partial charge >= 0.3 is 0 Å². The molecule has 0 aliphatic rings. The fourth-order valence-electron chi connectivity index (χ4n) is 0.741. The molecule has 0 atom stereocenters. The molecule has 2 aromatic rings. The summed E-state index contributed by atoms with van der Waals surface area (Å²) in [6.07, 6.45) is 5.00. The van der Waals surface area contributed by atoms with E-state index in [-0.39, 0.29) is 0 Å². The predicted octanol–water partition coefficient (Wildman–Crippen LogP) is 0.347. The molecule has 2 rings (SSSR count). The Labute approximate surface area is 67.0 Å². The molecule has 0 bridgehead atoms. The van der Waals surface area contributed by atoms with E-state index in [1.807, 2.05) is 6.26 Å². The van der Waals surface area contributed by atoms with Crippen molar-refractivity contribution in [2.45, 2.75) is 0 Å². The number of fused-ring (bicyclic) bond motifs is 1. The molecule has 2 aromatic heterocycles. The normalized spacial score (nSPS) is 10.6. The highest BCUT2D eigenvalue weighted by Crippen LogP contribution is 2.04. The van der Waals surface area contributed by atoms with Crippen LogP contribution in [-0.2, 0) is 0 Å². The first kappa shape index (κ1) is 6.53. The van der Waals surface area contributed by atoms with Crippen molar-refractivity contribution in [3.63, 3.8) is 0 Å². The molecule has 0 spiro atoms. The van der Waals surface area contributed by atoms with E-state index in [1.165, 1.54) is 22.5 Å². The monoisotopic (exact) mass is 167 g/mol. The van der Waals surface area contributed by atoms with Gasteiger partial charge in [0.25, 0.3) is 0 Å². The highest BCUT2D eigenvalue weighted by Gasteiger charge is 2.00. The molecule has 0 saturated carbocycles. The van der Waals surface area contributed by atoms with E-state index in [4.69, 9.17) is 0 Å². The van der Waals surface area contributed by atoms with Crippen LogP contribution in [0, 0.1) is 0 Å². The molecule has 5 nitrogen and oxygen atoms in total. The van der Waals surface area contributed by atoms with Crippen molar-refractivity contribution in [1.29, 1.82) is 0 Å². The lowest BCUT2D eigenvalue weighted by atomic mass is 10.6. The van der Waals surface area contributed by atoms with Crippen molar-refractivity contribution in [2.24, 2.45) is 0 Å². The number of nitrogens with zero attached hydrogens (tertiary/aromatic N) is 5. The molecule has 0 radical (unpaired) electrons. The minimum Gasteiger partial charge on any atom is -0.242 e. The second-order valence-corrected chi connectivity index (χ2v) is 2.56. The van der Waals surface area contributed by atoms with Crippen LogP contribution in [-0.4, -0.2) is 30.6 Å². The molecule has 0 aliphatic heterocycles. The van der Waals surface area contributed by atoms with E-state index < -0.39 is 0 Å². The number of aromatic nitrogens is 5. The summed E-state index contributed by atoms with van der Waals surface area (Å²) in [5, 5.41) is 8.12. The molecule has 0 N–H and O–H groups in total. The third kappa shape index (κ3) is 1.05. The van der Waals surface area contributed by atoms with Crippen molar-refractivity contribution in [2.75, 3.05) is 6.26 Å². The maximum Gasteiger partial charge on any atom is 0.206 e. The third-order valence-corrected chi connectivity index (χ3v) is 1.70. The molecule has 0 saturated heterocycles. The Morgan fingerprint density at radius 3 is 3.09 bits per heavy atom. The zero-order valence-corrected chi connectivity index (χ0v) is 6.62. The molecule has 2 heterocycles. The van der Waals surface area contributed by atoms with E-state index in [1.54, 1.807) is 6.20 Å². The summed E-state index contributed by atoms with van der Waals surface area (Å²) in [5.74, 6) is 0. The van der Waals surface area contributed by atoms with Gasteiger partial charge in [-0.05, 0) is 11.9 Å². The quantitative estimate of drug-likeness (QED) is 0.613. The summed E-state index contributed by atoms with van der Waals surface area (Å²) in [7, 11) is 0. The fourth-order valence-corrected chi connectivity index (χ4v) is 1.07. The second-order valence-electron chi connectivity index (χ2n) is 1.87. The molecular weight excluding hydrogens is 162 g/mol. The van der Waals surface area contributed by atoms with Crippen LogP contribution in [0.25, 0.3) is 11.2 Å². The SMILES string of the molecule is CSn1nc2cncnc2n1. The highest BCUT2D eigenvalue weighted by atomic mass is 32.2. The molecule has 0 unspecified atom stereocenters. The Hall–Kier alpha value is -1.17. The second kappa shape index (κ2) is 2.46. The zero-order valence-electron chi connectivity index (χ0n) is 5.80. The maximum atomic E-state index is 4.07. The van der Waals surface area contributed by atoms with E-state index in [9.17, 15) is 0 Å². The van der Waals surface area contributed by atoms with Gasteiger partial charge in [-0.1, -0.05) is 0 Å². The average molecular weight is 167 g/mol. The van der Waals surface area contributed by atoms with Gasteiger partial charge in [-0.2, -0.15) is 0 Å². The van der Waals surface area contributed by atoms with Crippen LogP contribution in [0.15, 0.2) is 12.5 Å². The Kier molecular flexibility index (Phi) is 1.46. The lowest BCUT2D eigenvalue weighted by Gasteiger charge is -1.83. The maximum absolute atomic E-state index is 4.07.